The van der Waals surface area contributed by atoms with Crippen LogP contribution < -0.4 is 5.32 Å². The van der Waals surface area contributed by atoms with Crippen molar-refractivity contribution in [3.8, 4) is 0 Å². The Morgan fingerprint density at radius 3 is 2.67 bits per heavy atom. The molecule has 124 valence electrons. The third-order valence-electron chi connectivity index (χ3n) is 3.80. The van der Waals surface area contributed by atoms with E-state index in [1.54, 1.807) is 4.31 Å². The molecule has 0 bridgehead atoms. The van der Waals surface area contributed by atoms with Gasteiger partial charge in [-0.2, -0.15) is 17.0 Å². The Hall–Kier alpha value is -0.430. The Labute approximate surface area is 130 Å². The van der Waals surface area contributed by atoms with E-state index >= 15 is 0 Å². The quantitative estimate of drug-likeness (QED) is 0.522. The van der Waals surface area contributed by atoms with Crippen LogP contribution in [0, 0.1) is 0 Å². The maximum Gasteiger partial charge on any atom is 0.282 e. The summed E-state index contributed by atoms with van der Waals surface area (Å²) in [6, 6.07) is 0.0782. The molecule has 1 rings (SSSR count). The first-order valence-electron chi connectivity index (χ1n) is 8.05. The lowest BCUT2D eigenvalue weighted by atomic mass is 10.1. The predicted molar refractivity (Wildman–Crippen MR) is 88.5 cm³/mol. The lowest BCUT2D eigenvalue weighted by molar-refractivity contribution is 0.229. The molecular formula is C15H31N3O2S. The average molecular weight is 317 g/mol. The molecule has 0 aliphatic carbocycles. The van der Waals surface area contributed by atoms with Gasteiger partial charge in [0, 0.05) is 32.2 Å². The van der Waals surface area contributed by atoms with Gasteiger partial charge in [0.2, 0.25) is 0 Å². The molecular weight excluding hydrogens is 286 g/mol. The molecule has 0 aromatic carbocycles. The second-order valence-corrected chi connectivity index (χ2v) is 7.74. The molecule has 21 heavy (non-hydrogen) atoms. The van der Waals surface area contributed by atoms with E-state index in [1.807, 2.05) is 13.8 Å². The molecule has 1 saturated heterocycles. The molecule has 0 spiro atoms. The van der Waals surface area contributed by atoms with Gasteiger partial charge in [0.1, 0.15) is 0 Å². The highest BCUT2D eigenvalue weighted by Gasteiger charge is 2.35. The minimum absolute atomic E-state index is 0.0782. The lowest BCUT2D eigenvalue weighted by Gasteiger charge is -2.38. The van der Waals surface area contributed by atoms with Gasteiger partial charge >= 0.3 is 0 Å². The van der Waals surface area contributed by atoms with E-state index in [1.165, 1.54) is 4.31 Å². The largest absolute Gasteiger partial charge is 0.315 e. The molecule has 0 saturated carbocycles. The van der Waals surface area contributed by atoms with Crippen LogP contribution in [0.5, 0.6) is 0 Å². The van der Waals surface area contributed by atoms with Gasteiger partial charge in [0.05, 0.1) is 0 Å². The Morgan fingerprint density at radius 2 is 2.10 bits per heavy atom. The van der Waals surface area contributed by atoms with Crippen molar-refractivity contribution in [1.82, 2.24) is 13.9 Å². The summed E-state index contributed by atoms with van der Waals surface area (Å²) in [5, 5.41) is 3.36. The SMILES string of the molecule is C=C(C)CN(CC)S(=O)(=O)N1CCCCC1CNCCC. The Balaban J connectivity index is 2.82. The normalized spacial score (nSPS) is 20.9. The average Bonchev–Trinajstić information content (AvgIpc) is 2.45. The highest BCUT2D eigenvalue weighted by atomic mass is 32.2. The number of hydrogen-bond acceptors (Lipinski definition) is 3. The van der Waals surface area contributed by atoms with E-state index in [-0.39, 0.29) is 6.04 Å². The van der Waals surface area contributed by atoms with E-state index in [4.69, 9.17) is 0 Å². The van der Waals surface area contributed by atoms with Gasteiger partial charge < -0.3 is 5.32 Å². The van der Waals surface area contributed by atoms with E-state index in [2.05, 4.69) is 18.8 Å². The lowest BCUT2D eigenvalue weighted by Crippen LogP contribution is -2.53. The molecule has 1 heterocycles. The van der Waals surface area contributed by atoms with Crippen LogP contribution in [0.3, 0.4) is 0 Å². The standard InChI is InChI=1S/C15H31N3O2S/c1-5-10-16-12-15-9-7-8-11-18(15)21(19,20)17(6-2)13-14(3)4/h15-16H,3,5-13H2,1-2,4H3. The van der Waals surface area contributed by atoms with Gasteiger partial charge in [0.25, 0.3) is 10.2 Å². The molecule has 0 radical (unpaired) electrons. The fourth-order valence-corrected chi connectivity index (χ4v) is 4.66. The minimum Gasteiger partial charge on any atom is -0.315 e. The molecule has 0 amide bonds. The molecule has 1 aliphatic heterocycles. The van der Waals surface area contributed by atoms with Crippen LogP contribution in [-0.4, -0.2) is 55.8 Å². The summed E-state index contributed by atoms with van der Waals surface area (Å²) in [6.45, 7) is 12.9. The molecule has 1 N–H and O–H groups in total. The van der Waals surface area contributed by atoms with Gasteiger partial charge in [-0.15, -0.1) is 0 Å². The van der Waals surface area contributed by atoms with Gasteiger partial charge in [-0.1, -0.05) is 32.4 Å². The monoisotopic (exact) mass is 317 g/mol. The van der Waals surface area contributed by atoms with Crippen LogP contribution in [0.25, 0.3) is 0 Å². The van der Waals surface area contributed by atoms with Crippen LogP contribution in [-0.2, 0) is 10.2 Å². The van der Waals surface area contributed by atoms with E-state index < -0.39 is 10.2 Å². The number of piperidine rings is 1. The zero-order valence-corrected chi connectivity index (χ0v) is 14.6. The van der Waals surface area contributed by atoms with E-state index in [0.717, 1.165) is 44.3 Å². The van der Waals surface area contributed by atoms with E-state index in [0.29, 0.717) is 19.6 Å². The van der Waals surface area contributed by atoms with Crippen molar-refractivity contribution in [3.05, 3.63) is 12.2 Å². The third-order valence-corrected chi connectivity index (χ3v) is 5.91. The second-order valence-electron chi connectivity index (χ2n) is 5.86. The Kier molecular flexibility index (Phi) is 7.87. The number of nitrogens with one attached hydrogen (secondary N) is 1. The number of hydrogen-bond donors (Lipinski definition) is 1. The van der Waals surface area contributed by atoms with Crippen LogP contribution in [0.2, 0.25) is 0 Å². The van der Waals surface area contributed by atoms with Crippen LogP contribution in [0.1, 0.15) is 46.5 Å². The van der Waals surface area contributed by atoms with Gasteiger partial charge in [0.15, 0.2) is 0 Å². The summed E-state index contributed by atoms with van der Waals surface area (Å²) in [5.74, 6) is 0. The summed E-state index contributed by atoms with van der Waals surface area (Å²) in [7, 11) is -3.39. The summed E-state index contributed by atoms with van der Waals surface area (Å²) in [6.07, 6.45) is 4.07. The maximum atomic E-state index is 12.9. The molecule has 1 unspecified atom stereocenters. The van der Waals surface area contributed by atoms with Crippen molar-refractivity contribution in [2.75, 3.05) is 32.7 Å². The molecule has 1 atom stereocenters. The predicted octanol–water partition coefficient (Wildman–Crippen LogP) is 1.98. The molecule has 0 aromatic rings. The number of rotatable bonds is 9. The summed E-state index contributed by atoms with van der Waals surface area (Å²) in [4.78, 5) is 0. The van der Waals surface area contributed by atoms with E-state index in [9.17, 15) is 8.42 Å². The highest BCUT2D eigenvalue weighted by Crippen LogP contribution is 2.22. The van der Waals surface area contributed by atoms with Crippen molar-refractivity contribution in [2.24, 2.45) is 0 Å². The fourth-order valence-electron chi connectivity index (χ4n) is 2.73. The molecule has 5 nitrogen and oxygen atoms in total. The van der Waals surface area contributed by atoms with Crippen LogP contribution >= 0.6 is 0 Å². The minimum atomic E-state index is -3.39. The van der Waals surface area contributed by atoms with Crippen molar-refractivity contribution < 1.29 is 8.42 Å². The van der Waals surface area contributed by atoms with Crippen molar-refractivity contribution in [3.63, 3.8) is 0 Å². The Morgan fingerprint density at radius 1 is 1.38 bits per heavy atom. The maximum absolute atomic E-state index is 12.9. The van der Waals surface area contributed by atoms with Gasteiger partial charge in [-0.25, -0.2) is 0 Å². The molecule has 1 aliphatic rings. The third kappa shape index (κ3) is 5.36. The zero-order chi connectivity index (χ0) is 15.9. The van der Waals surface area contributed by atoms with Crippen LogP contribution in [0.4, 0.5) is 0 Å². The number of likely N-dealkylation sites (N-methyl/N-ethyl adjacent to an activating group) is 1. The van der Waals surface area contributed by atoms with Crippen molar-refractivity contribution >= 4 is 10.2 Å². The first-order valence-corrected chi connectivity index (χ1v) is 9.45. The van der Waals surface area contributed by atoms with Crippen LogP contribution in [0.15, 0.2) is 12.2 Å². The molecule has 6 heteroatoms. The topological polar surface area (TPSA) is 52.7 Å². The first kappa shape index (κ1) is 18.6. The van der Waals surface area contributed by atoms with Gasteiger partial charge in [-0.3, -0.25) is 0 Å². The van der Waals surface area contributed by atoms with Crippen molar-refractivity contribution in [1.29, 1.82) is 0 Å². The summed E-state index contributed by atoms with van der Waals surface area (Å²) >= 11 is 0. The van der Waals surface area contributed by atoms with Gasteiger partial charge in [-0.05, 0) is 32.7 Å². The smallest absolute Gasteiger partial charge is 0.282 e. The highest BCUT2D eigenvalue weighted by molar-refractivity contribution is 7.86. The first-order chi connectivity index (χ1) is 9.93. The zero-order valence-electron chi connectivity index (χ0n) is 13.8. The Bertz CT molecular complexity index is 423. The molecule has 1 fully saturated rings. The summed E-state index contributed by atoms with van der Waals surface area (Å²) in [5.41, 5.74) is 0.873. The molecule has 0 aromatic heterocycles. The summed E-state index contributed by atoms with van der Waals surface area (Å²) < 4.78 is 29.0. The second kappa shape index (κ2) is 8.88. The number of nitrogens with zero attached hydrogens (tertiary/aromatic N) is 2. The fraction of sp³-hybridized carbons (Fsp3) is 0.867. The van der Waals surface area contributed by atoms with Crippen molar-refractivity contribution in [2.45, 2.75) is 52.5 Å².